The zero-order valence-corrected chi connectivity index (χ0v) is 12.8. The van der Waals surface area contributed by atoms with Crippen LogP contribution in [0.25, 0.3) is 0 Å². The highest BCUT2D eigenvalue weighted by Gasteiger charge is 2.22. The van der Waals surface area contributed by atoms with Crippen molar-refractivity contribution in [2.24, 2.45) is 7.05 Å². The van der Waals surface area contributed by atoms with E-state index in [2.05, 4.69) is 17.0 Å². The minimum Gasteiger partial charge on any atom is -0.462 e. The molecule has 1 aliphatic rings. The van der Waals surface area contributed by atoms with Crippen molar-refractivity contribution in [1.82, 2.24) is 14.7 Å². The Balaban J connectivity index is 2.07. The van der Waals surface area contributed by atoms with Gasteiger partial charge in [0.05, 0.1) is 18.5 Å². The molecule has 0 spiro atoms. The van der Waals surface area contributed by atoms with E-state index in [1.54, 1.807) is 10.9 Å². The van der Waals surface area contributed by atoms with Gasteiger partial charge >= 0.3 is 5.97 Å². The average Bonchev–Trinajstić information content (AvgIpc) is 2.81. The van der Waals surface area contributed by atoms with Crippen molar-refractivity contribution in [2.75, 3.05) is 13.7 Å². The maximum Gasteiger partial charge on any atom is 0.341 e. The van der Waals surface area contributed by atoms with Crippen LogP contribution in [0.3, 0.4) is 0 Å². The smallest absolute Gasteiger partial charge is 0.341 e. The van der Waals surface area contributed by atoms with Crippen molar-refractivity contribution in [1.29, 1.82) is 0 Å². The fraction of sp³-hybridized carbons (Fsp3) is 0.733. The molecule has 1 aliphatic carbocycles. The Labute approximate surface area is 120 Å². The van der Waals surface area contributed by atoms with Crippen LogP contribution in [0.15, 0.2) is 6.20 Å². The normalized spacial score (nSPS) is 16.6. The van der Waals surface area contributed by atoms with Crippen molar-refractivity contribution >= 4 is 5.97 Å². The van der Waals surface area contributed by atoms with Crippen LogP contribution in [0.5, 0.6) is 0 Å². The van der Waals surface area contributed by atoms with E-state index < -0.39 is 0 Å². The van der Waals surface area contributed by atoms with Crippen LogP contribution in [0.4, 0.5) is 0 Å². The van der Waals surface area contributed by atoms with Crippen LogP contribution in [-0.2, 0) is 18.3 Å². The third kappa shape index (κ3) is 3.39. The Morgan fingerprint density at radius 2 is 2.15 bits per heavy atom. The number of esters is 1. The lowest BCUT2D eigenvalue weighted by Crippen LogP contribution is -2.34. The van der Waals surface area contributed by atoms with E-state index in [0.29, 0.717) is 18.2 Å². The van der Waals surface area contributed by atoms with E-state index in [1.807, 2.05) is 14.0 Å². The highest BCUT2D eigenvalue weighted by Crippen LogP contribution is 2.23. The van der Waals surface area contributed by atoms with Gasteiger partial charge in [-0.05, 0) is 26.8 Å². The summed E-state index contributed by atoms with van der Waals surface area (Å²) in [6, 6.07) is 0.619. The summed E-state index contributed by atoms with van der Waals surface area (Å²) < 4.78 is 6.88. The molecule has 1 aromatic rings. The minimum atomic E-state index is -0.271. The summed E-state index contributed by atoms with van der Waals surface area (Å²) in [6.07, 6.45) is 8.09. The van der Waals surface area contributed by atoms with Gasteiger partial charge in [0.15, 0.2) is 0 Å². The van der Waals surface area contributed by atoms with Gasteiger partial charge in [0.25, 0.3) is 0 Å². The van der Waals surface area contributed by atoms with E-state index in [1.165, 1.54) is 32.1 Å². The monoisotopic (exact) mass is 279 g/mol. The van der Waals surface area contributed by atoms with E-state index in [0.717, 1.165) is 12.2 Å². The molecule has 0 bridgehead atoms. The van der Waals surface area contributed by atoms with Crippen molar-refractivity contribution in [3.05, 3.63) is 17.5 Å². The van der Waals surface area contributed by atoms with E-state index in [9.17, 15) is 4.79 Å². The number of hydrogen-bond acceptors (Lipinski definition) is 4. The second-order valence-electron chi connectivity index (χ2n) is 5.56. The first-order valence-corrected chi connectivity index (χ1v) is 7.51. The lowest BCUT2D eigenvalue weighted by atomic mass is 9.94. The fourth-order valence-electron chi connectivity index (χ4n) is 2.92. The largest absolute Gasteiger partial charge is 0.462 e. The Bertz CT molecular complexity index is 450. The molecule has 2 rings (SSSR count). The Kier molecular flexibility index (Phi) is 5.17. The third-order valence-electron chi connectivity index (χ3n) is 4.15. The predicted molar refractivity (Wildman–Crippen MR) is 77.5 cm³/mol. The molecular formula is C15H25N3O2. The lowest BCUT2D eigenvalue weighted by molar-refractivity contribution is 0.0523. The summed E-state index contributed by atoms with van der Waals surface area (Å²) in [6.45, 7) is 2.96. The first-order chi connectivity index (χ1) is 9.63. The number of carbonyl (C=O) groups excluding carboxylic acids is 1. The Morgan fingerprint density at radius 1 is 1.45 bits per heavy atom. The van der Waals surface area contributed by atoms with Gasteiger partial charge in [-0.2, -0.15) is 5.10 Å². The molecule has 1 aromatic heterocycles. The summed E-state index contributed by atoms with van der Waals surface area (Å²) in [7, 11) is 4.02. The fourth-order valence-corrected chi connectivity index (χ4v) is 2.92. The summed E-state index contributed by atoms with van der Waals surface area (Å²) >= 11 is 0. The molecule has 0 amide bonds. The molecule has 0 unspecified atom stereocenters. The SMILES string of the molecule is CCOC(=O)c1cnn(C)c1CN(C)C1CCCCC1. The van der Waals surface area contributed by atoms with E-state index in [4.69, 9.17) is 4.74 Å². The number of hydrogen-bond donors (Lipinski definition) is 0. The molecule has 0 saturated heterocycles. The first-order valence-electron chi connectivity index (χ1n) is 7.51. The van der Waals surface area contributed by atoms with Crippen LogP contribution < -0.4 is 0 Å². The van der Waals surface area contributed by atoms with Gasteiger partial charge < -0.3 is 4.74 Å². The minimum absolute atomic E-state index is 0.271. The number of carbonyl (C=O) groups is 1. The number of nitrogens with zero attached hydrogens (tertiary/aromatic N) is 3. The quantitative estimate of drug-likeness (QED) is 0.776. The van der Waals surface area contributed by atoms with Crippen LogP contribution in [0.1, 0.15) is 55.1 Å². The van der Waals surface area contributed by atoms with Gasteiger partial charge in [0.2, 0.25) is 0 Å². The molecule has 0 aromatic carbocycles. The molecule has 1 saturated carbocycles. The maximum absolute atomic E-state index is 11.9. The molecule has 0 atom stereocenters. The Morgan fingerprint density at radius 3 is 2.80 bits per heavy atom. The van der Waals surface area contributed by atoms with Gasteiger partial charge in [0, 0.05) is 19.6 Å². The summed E-state index contributed by atoms with van der Waals surface area (Å²) in [5.41, 5.74) is 1.54. The summed E-state index contributed by atoms with van der Waals surface area (Å²) in [5, 5.41) is 4.21. The predicted octanol–water partition coefficient (Wildman–Crippen LogP) is 2.36. The Hall–Kier alpha value is -1.36. The molecule has 0 radical (unpaired) electrons. The first kappa shape index (κ1) is 15.0. The van der Waals surface area contributed by atoms with Crippen LogP contribution in [0, 0.1) is 0 Å². The van der Waals surface area contributed by atoms with Crippen molar-refractivity contribution in [2.45, 2.75) is 51.6 Å². The van der Waals surface area contributed by atoms with Gasteiger partial charge in [-0.15, -0.1) is 0 Å². The number of aromatic nitrogens is 2. The summed E-state index contributed by atoms with van der Waals surface area (Å²) in [4.78, 5) is 14.3. The molecule has 0 N–H and O–H groups in total. The van der Waals surface area contributed by atoms with Crippen molar-refractivity contribution in [3.63, 3.8) is 0 Å². The number of aryl methyl sites for hydroxylation is 1. The zero-order valence-electron chi connectivity index (χ0n) is 12.8. The third-order valence-corrected chi connectivity index (χ3v) is 4.15. The zero-order chi connectivity index (χ0) is 14.5. The van der Waals surface area contributed by atoms with Gasteiger partial charge in [0.1, 0.15) is 5.56 Å². The second kappa shape index (κ2) is 6.88. The molecule has 112 valence electrons. The highest BCUT2D eigenvalue weighted by molar-refractivity contribution is 5.90. The molecular weight excluding hydrogens is 254 g/mol. The average molecular weight is 279 g/mol. The van der Waals surface area contributed by atoms with E-state index >= 15 is 0 Å². The van der Waals surface area contributed by atoms with Crippen LogP contribution in [-0.4, -0.2) is 40.3 Å². The van der Waals surface area contributed by atoms with Gasteiger partial charge in [-0.1, -0.05) is 19.3 Å². The molecule has 5 nitrogen and oxygen atoms in total. The second-order valence-corrected chi connectivity index (χ2v) is 5.56. The molecule has 1 fully saturated rings. The van der Waals surface area contributed by atoms with Crippen molar-refractivity contribution in [3.8, 4) is 0 Å². The number of ether oxygens (including phenoxy) is 1. The van der Waals surface area contributed by atoms with Crippen molar-refractivity contribution < 1.29 is 9.53 Å². The number of rotatable bonds is 5. The summed E-state index contributed by atoms with van der Waals surface area (Å²) in [5.74, 6) is -0.271. The molecule has 20 heavy (non-hydrogen) atoms. The van der Waals surface area contributed by atoms with Gasteiger partial charge in [-0.3, -0.25) is 9.58 Å². The standard InChI is InChI=1S/C15H25N3O2/c1-4-20-15(19)13-10-16-18(3)14(13)11-17(2)12-8-6-5-7-9-12/h10,12H,4-9,11H2,1-3H3. The highest BCUT2D eigenvalue weighted by atomic mass is 16.5. The topological polar surface area (TPSA) is 47.4 Å². The van der Waals surface area contributed by atoms with Crippen LogP contribution >= 0.6 is 0 Å². The maximum atomic E-state index is 11.9. The molecule has 1 heterocycles. The molecule has 5 heteroatoms. The van der Waals surface area contributed by atoms with E-state index in [-0.39, 0.29) is 5.97 Å². The lowest BCUT2D eigenvalue weighted by Gasteiger charge is -2.31. The van der Waals surface area contributed by atoms with Crippen LogP contribution in [0.2, 0.25) is 0 Å². The molecule has 0 aliphatic heterocycles. The van der Waals surface area contributed by atoms with Gasteiger partial charge in [-0.25, -0.2) is 4.79 Å².